The van der Waals surface area contributed by atoms with Gasteiger partial charge in [0.1, 0.15) is 0 Å². The Hall–Kier alpha value is -1.36. The average Bonchev–Trinajstić information content (AvgIpc) is 2.54. The van der Waals surface area contributed by atoms with Crippen molar-refractivity contribution in [2.75, 3.05) is 13.2 Å². The number of halogens is 1. The molecule has 4 nitrogen and oxygen atoms in total. The van der Waals surface area contributed by atoms with Crippen molar-refractivity contribution in [1.82, 2.24) is 5.32 Å². The number of amides is 1. The van der Waals surface area contributed by atoms with Crippen LogP contribution in [0.4, 0.5) is 0 Å². The summed E-state index contributed by atoms with van der Waals surface area (Å²) in [6.07, 6.45) is 6.26. The first-order chi connectivity index (χ1) is 10.7. The molecule has 1 saturated heterocycles. The van der Waals surface area contributed by atoms with Crippen LogP contribution in [0, 0.1) is 0 Å². The molecule has 5 heteroatoms. The molecule has 0 aromatic heterocycles. The van der Waals surface area contributed by atoms with Gasteiger partial charge in [0, 0.05) is 17.1 Å². The van der Waals surface area contributed by atoms with E-state index in [1.807, 2.05) is 18.2 Å². The fourth-order valence-electron chi connectivity index (χ4n) is 3.02. The van der Waals surface area contributed by atoms with Crippen molar-refractivity contribution in [3.63, 3.8) is 0 Å². The van der Waals surface area contributed by atoms with E-state index in [1.165, 1.54) is 6.08 Å². The topological polar surface area (TPSA) is 47.6 Å². The maximum Gasteiger partial charge on any atom is 0.244 e. The summed E-state index contributed by atoms with van der Waals surface area (Å²) < 4.78 is 11.4. The summed E-state index contributed by atoms with van der Waals surface area (Å²) in [6.45, 7) is 1.33. The van der Waals surface area contributed by atoms with Crippen LogP contribution in [-0.4, -0.2) is 37.4 Å². The maximum absolute atomic E-state index is 12.0. The standard InChI is InChI=1S/C17H20ClNO3/c18-14-4-2-1-3-12(14)5-8-17(20)19-13-6-7-15-16(11-13)22-10-9-21-15/h1-5,8,13,15-16H,6-7,9-11H2,(H,19,20)/b8-5+/t13-,15+,16-/m1/s1. The highest BCUT2D eigenvalue weighted by atomic mass is 35.5. The highest BCUT2D eigenvalue weighted by molar-refractivity contribution is 6.32. The Morgan fingerprint density at radius 3 is 2.77 bits per heavy atom. The lowest BCUT2D eigenvalue weighted by molar-refractivity contribution is -0.158. The van der Waals surface area contributed by atoms with Crippen molar-refractivity contribution < 1.29 is 14.3 Å². The smallest absolute Gasteiger partial charge is 0.244 e. The Kier molecular flexibility index (Phi) is 5.13. The fraction of sp³-hybridized carbons (Fsp3) is 0.471. The molecular formula is C17H20ClNO3. The lowest BCUT2D eigenvalue weighted by Crippen LogP contribution is -2.49. The van der Waals surface area contributed by atoms with Gasteiger partial charge in [0.05, 0.1) is 25.4 Å². The number of rotatable bonds is 3. The molecule has 1 heterocycles. The van der Waals surface area contributed by atoms with Gasteiger partial charge in [-0.05, 0) is 37.0 Å². The van der Waals surface area contributed by atoms with E-state index in [0.29, 0.717) is 18.2 Å². The molecule has 1 N–H and O–H groups in total. The van der Waals surface area contributed by atoms with Gasteiger partial charge in [0.15, 0.2) is 0 Å². The Morgan fingerprint density at radius 1 is 1.18 bits per heavy atom. The third kappa shape index (κ3) is 3.88. The second-order valence-corrected chi connectivity index (χ2v) is 6.10. The van der Waals surface area contributed by atoms with Gasteiger partial charge in [-0.3, -0.25) is 4.79 Å². The predicted octanol–water partition coefficient (Wildman–Crippen LogP) is 2.81. The van der Waals surface area contributed by atoms with Crippen molar-refractivity contribution in [2.45, 2.75) is 37.5 Å². The zero-order chi connectivity index (χ0) is 15.4. The summed E-state index contributed by atoms with van der Waals surface area (Å²) in [7, 11) is 0. The molecule has 2 aliphatic rings. The van der Waals surface area contributed by atoms with Gasteiger partial charge in [-0.25, -0.2) is 0 Å². The lowest BCUT2D eigenvalue weighted by Gasteiger charge is -2.38. The maximum atomic E-state index is 12.0. The summed E-state index contributed by atoms with van der Waals surface area (Å²) in [5.41, 5.74) is 0.840. The molecule has 0 spiro atoms. The third-order valence-corrected chi connectivity index (χ3v) is 4.49. The van der Waals surface area contributed by atoms with Crippen LogP contribution >= 0.6 is 11.6 Å². The fourth-order valence-corrected chi connectivity index (χ4v) is 3.22. The van der Waals surface area contributed by atoms with E-state index in [2.05, 4.69) is 5.32 Å². The zero-order valence-corrected chi connectivity index (χ0v) is 13.1. The molecule has 1 aromatic carbocycles. The van der Waals surface area contributed by atoms with E-state index < -0.39 is 0 Å². The summed E-state index contributed by atoms with van der Waals surface area (Å²) in [4.78, 5) is 12.0. The van der Waals surface area contributed by atoms with E-state index in [1.54, 1.807) is 12.1 Å². The summed E-state index contributed by atoms with van der Waals surface area (Å²) in [6, 6.07) is 7.59. The van der Waals surface area contributed by atoms with Gasteiger partial charge >= 0.3 is 0 Å². The largest absolute Gasteiger partial charge is 0.373 e. The molecule has 1 aromatic rings. The highest BCUT2D eigenvalue weighted by Gasteiger charge is 2.34. The third-order valence-electron chi connectivity index (χ3n) is 4.14. The molecule has 3 rings (SSSR count). The SMILES string of the molecule is O=C(/C=C/c1ccccc1Cl)N[C@@H]1CC[C@@H]2OCCO[C@@H]2C1. The minimum absolute atomic E-state index is 0.0971. The number of ether oxygens (including phenoxy) is 2. The van der Waals surface area contributed by atoms with Crippen LogP contribution in [0.25, 0.3) is 6.08 Å². The van der Waals surface area contributed by atoms with Crippen LogP contribution < -0.4 is 5.32 Å². The molecular weight excluding hydrogens is 302 g/mol. The lowest BCUT2D eigenvalue weighted by atomic mass is 9.89. The van der Waals surface area contributed by atoms with Gasteiger partial charge in [0.25, 0.3) is 0 Å². The predicted molar refractivity (Wildman–Crippen MR) is 85.7 cm³/mol. The Bertz CT molecular complexity index is 561. The van der Waals surface area contributed by atoms with E-state index in [4.69, 9.17) is 21.1 Å². The van der Waals surface area contributed by atoms with Crippen molar-refractivity contribution in [1.29, 1.82) is 0 Å². The molecule has 22 heavy (non-hydrogen) atoms. The van der Waals surface area contributed by atoms with Crippen LogP contribution in [0.5, 0.6) is 0 Å². The number of hydrogen-bond acceptors (Lipinski definition) is 3. The summed E-state index contributed by atoms with van der Waals surface area (Å²) >= 11 is 6.06. The summed E-state index contributed by atoms with van der Waals surface area (Å²) in [5, 5.41) is 3.68. The van der Waals surface area contributed by atoms with Crippen LogP contribution in [0.3, 0.4) is 0 Å². The second kappa shape index (κ2) is 7.27. The van der Waals surface area contributed by atoms with Gasteiger partial charge in [-0.2, -0.15) is 0 Å². The Morgan fingerprint density at radius 2 is 1.95 bits per heavy atom. The van der Waals surface area contributed by atoms with Gasteiger partial charge in [0.2, 0.25) is 5.91 Å². The minimum atomic E-state index is -0.0971. The van der Waals surface area contributed by atoms with Gasteiger partial charge in [-0.15, -0.1) is 0 Å². The van der Waals surface area contributed by atoms with Crippen molar-refractivity contribution in [3.05, 3.63) is 40.9 Å². The molecule has 0 radical (unpaired) electrons. The van der Waals surface area contributed by atoms with Crippen molar-refractivity contribution in [2.24, 2.45) is 0 Å². The molecule has 3 atom stereocenters. The molecule has 2 fully saturated rings. The summed E-state index contributed by atoms with van der Waals surface area (Å²) in [5.74, 6) is -0.0971. The van der Waals surface area contributed by atoms with Gasteiger partial charge < -0.3 is 14.8 Å². The number of carbonyl (C=O) groups excluding carboxylic acids is 1. The minimum Gasteiger partial charge on any atom is -0.373 e. The van der Waals surface area contributed by atoms with E-state index in [0.717, 1.165) is 24.8 Å². The average molecular weight is 322 g/mol. The van der Waals surface area contributed by atoms with Crippen LogP contribution in [0.15, 0.2) is 30.3 Å². The number of carbonyl (C=O) groups is 1. The molecule has 1 amide bonds. The van der Waals surface area contributed by atoms with Crippen LogP contribution in [0.2, 0.25) is 5.02 Å². The van der Waals surface area contributed by atoms with Crippen molar-refractivity contribution in [3.8, 4) is 0 Å². The first-order valence-electron chi connectivity index (χ1n) is 7.68. The van der Waals surface area contributed by atoms with Crippen LogP contribution in [-0.2, 0) is 14.3 Å². The van der Waals surface area contributed by atoms with Crippen molar-refractivity contribution >= 4 is 23.6 Å². The number of nitrogens with one attached hydrogen (secondary N) is 1. The number of hydrogen-bond donors (Lipinski definition) is 1. The Labute approximate surface area is 135 Å². The Balaban J connectivity index is 1.53. The monoisotopic (exact) mass is 321 g/mol. The highest BCUT2D eigenvalue weighted by Crippen LogP contribution is 2.26. The van der Waals surface area contributed by atoms with E-state index >= 15 is 0 Å². The number of benzene rings is 1. The second-order valence-electron chi connectivity index (χ2n) is 5.69. The molecule has 0 bridgehead atoms. The number of fused-ring (bicyclic) bond motifs is 1. The van der Waals surface area contributed by atoms with E-state index in [-0.39, 0.29) is 24.2 Å². The molecule has 1 aliphatic heterocycles. The normalized spacial score (nSPS) is 28.3. The first-order valence-corrected chi connectivity index (χ1v) is 8.06. The van der Waals surface area contributed by atoms with Gasteiger partial charge in [-0.1, -0.05) is 29.8 Å². The molecule has 1 aliphatic carbocycles. The van der Waals surface area contributed by atoms with E-state index in [9.17, 15) is 4.79 Å². The molecule has 118 valence electrons. The molecule has 0 unspecified atom stereocenters. The zero-order valence-electron chi connectivity index (χ0n) is 12.3. The van der Waals surface area contributed by atoms with Crippen LogP contribution in [0.1, 0.15) is 24.8 Å². The first kappa shape index (κ1) is 15.5. The molecule has 1 saturated carbocycles. The quantitative estimate of drug-likeness (QED) is 0.871.